The maximum Gasteiger partial charge on any atom is 0.250 e. The van der Waals surface area contributed by atoms with Crippen LogP contribution in [0.3, 0.4) is 0 Å². The molecule has 6 heteroatoms. The standard InChI is InChI=1S/C14H25NO3S2/c1-13(2,3)10-14(4,5)15-20(17,18)12-7-6-11(19-12)8-9-16/h6-7,15-16H,8-10H2,1-5H3. The van der Waals surface area contributed by atoms with Crippen LogP contribution in [-0.2, 0) is 16.4 Å². The highest BCUT2D eigenvalue weighted by Crippen LogP contribution is 2.29. The number of rotatable bonds is 6. The van der Waals surface area contributed by atoms with Gasteiger partial charge >= 0.3 is 0 Å². The van der Waals surface area contributed by atoms with Gasteiger partial charge in [-0.1, -0.05) is 20.8 Å². The molecule has 2 N–H and O–H groups in total. The van der Waals surface area contributed by atoms with Crippen molar-refractivity contribution in [3.8, 4) is 0 Å². The van der Waals surface area contributed by atoms with E-state index in [0.29, 0.717) is 10.6 Å². The summed E-state index contributed by atoms with van der Waals surface area (Å²) >= 11 is 1.21. The minimum absolute atomic E-state index is 0.0307. The van der Waals surface area contributed by atoms with E-state index in [0.717, 1.165) is 11.3 Å². The van der Waals surface area contributed by atoms with E-state index in [4.69, 9.17) is 5.11 Å². The molecular weight excluding hydrogens is 294 g/mol. The fourth-order valence-electron chi connectivity index (χ4n) is 2.52. The summed E-state index contributed by atoms with van der Waals surface area (Å²) < 4.78 is 27.9. The van der Waals surface area contributed by atoms with Gasteiger partial charge in [0, 0.05) is 23.4 Å². The lowest BCUT2D eigenvalue weighted by atomic mass is 9.82. The zero-order chi connectivity index (χ0) is 15.6. The zero-order valence-corrected chi connectivity index (χ0v) is 14.5. The van der Waals surface area contributed by atoms with Crippen molar-refractivity contribution in [2.45, 2.75) is 57.2 Å². The summed E-state index contributed by atoms with van der Waals surface area (Å²) in [6.45, 7) is 10.1. The quantitative estimate of drug-likeness (QED) is 0.847. The Morgan fingerprint density at radius 3 is 2.30 bits per heavy atom. The third-order valence-corrected chi connectivity index (χ3v) is 5.98. The molecule has 1 heterocycles. The molecule has 4 nitrogen and oxygen atoms in total. The van der Waals surface area contributed by atoms with Crippen LogP contribution in [0.1, 0.15) is 45.9 Å². The number of hydrogen-bond acceptors (Lipinski definition) is 4. The Morgan fingerprint density at radius 1 is 1.20 bits per heavy atom. The van der Waals surface area contributed by atoms with Crippen LogP contribution in [0.2, 0.25) is 0 Å². The molecule has 0 spiro atoms. The number of hydrogen-bond donors (Lipinski definition) is 2. The van der Waals surface area contributed by atoms with E-state index in [2.05, 4.69) is 25.5 Å². The maximum absolute atomic E-state index is 12.4. The molecule has 0 amide bonds. The molecule has 0 unspecified atom stereocenters. The average molecular weight is 319 g/mol. The molecule has 1 rings (SSSR count). The van der Waals surface area contributed by atoms with Crippen LogP contribution >= 0.6 is 11.3 Å². The van der Waals surface area contributed by atoms with Crippen LogP contribution in [0.25, 0.3) is 0 Å². The first-order chi connectivity index (χ1) is 8.95. The predicted octanol–water partition coefficient (Wildman–Crippen LogP) is 2.78. The van der Waals surface area contributed by atoms with Crippen molar-refractivity contribution in [1.29, 1.82) is 0 Å². The molecule has 0 aliphatic heterocycles. The Balaban J connectivity index is 2.88. The summed E-state index contributed by atoms with van der Waals surface area (Å²) in [6, 6.07) is 3.36. The highest BCUT2D eigenvalue weighted by atomic mass is 32.2. The highest BCUT2D eigenvalue weighted by Gasteiger charge is 2.31. The summed E-state index contributed by atoms with van der Waals surface area (Å²) in [5, 5.41) is 8.89. The molecule has 0 saturated carbocycles. The van der Waals surface area contributed by atoms with E-state index >= 15 is 0 Å². The molecular formula is C14H25NO3S2. The smallest absolute Gasteiger partial charge is 0.250 e. The van der Waals surface area contributed by atoms with E-state index in [9.17, 15) is 8.42 Å². The van der Waals surface area contributed by atoms with Gasteiger partial charge in [-0.15, -0.1) is 11.3 Å². The third kappa shape index (κ3) is 5.52. The normalized spacial score (nSPS) is 13.7. The lowest BCUT2D eigenvalue weighted by Crippen LogP contribution is -2.45. The van der Waals surface area contributed by atoms with E-state index in [1.54, 1.807) is 12.1 Å². The van der Waals surface area contributed by atoms with E-state index < -0.39 is 15.6 Å². The second-order valence-corrected chi connectivity index (χ2v) is 10.00. The van der Waals surface area contributed by atoms with Gasteiger partial charge in [0.15, 0.2) is 0 Å². The SMILES string of the molecule is CC(C)(C)CC(C)(C)NS(=O)(=O)c1ccc(CCO)s1. The Kier molecular flexibility index (Phi) is 5.40. The summed E-state index contributed by atoms with van der Waals surface area (Å²) in [7, 11) is -3.50. The van der Waals surface area contributed by atoms with Crippen molar-refractivity contribution in [2.75, 3.05) is 6.61 Å². The molecule has 0 aliphatic rings. The molecule has 1 aromatic rings. The Morgan fingerprint density at radius 2 is 1.80 bits per heavy atom. The second kappa shape index (κ2) is 6.13. The van der Waals surface area contributed by atoms with Gasteiger partial charge < -0.3 is 5.11 Å². The lowest BCUT2D eigenvalue weighted by Gasteiger charge is -2.32. The van der Waals surface area contributed by atoms with Crippen LogP contribution in [0.4, 0.5) is 0 Å². The van der Waals surface area contributed by atoms with Gasteiger partial charge in [-0.05, 0) is 37.8 Å². The van der Waals surface area contributed by atoms with Crippen molar-refractivity contribution in [2.24, 2.45) is 5.41 Å². The molecule has 0 aromatic carbocycles. The zero-order valence-electron chi connectivity index (χ0n) is 12.9. The Bertz CT molecular complexity index is 539. The van der Waals surface area contributed by atoms with Crippen LogP contribution < -0.4 is 4.72 Å². The number of thiophene rings is 1. The van der Waals surface area contributed by atoms with Crippen molar-refractivity contribution >= 4 is 21.4 Å². The molecule has 0 atom stereocenters. The van der Waals surface area contributed by atoms with Gasteiger partial charge in [-0.25, -0.2) is 13.1 Å². The van der Waals surface area contributed by atoms with Gasteiger partial charge in [0.1, 0.15) is 4.21 Å². The second-order valence-electron chi connectivity index (χ2n) is 6.92. The molecule has 116 valence electrons. The minimum atomic E-state index is -3.50. The molecule has 0 fully saturated rings. The molecule has 0 aliphatic carbocycles. The summed E-state index contributed by atoms with van der Waals surface area (Å²) in [6.07, 6.45) is 1.24. The topological polar surface area (TPSA) is 66.4 Å². The Hall–Kier alpha value is -0.430. The van der Waals surface area contributed by atoms with E-state index in [1.165, 1.54) is 11.3 Å². The fraction of sp³-hybridized carbons (Fsp3) is 0.714. The summed E-state index contributed by atoms with van der Waals surface area (Å²) in [5.41, 5.74) is -0.457. The largest absolute Gasteiger partial charge is 0.396 e. The number of aliphatic hydroxyl groups is 1. The van der Waals surface area contributed by atoms with Gasteiger partial charge in [-0.3, -0.25) is 0 Å². The van der Waals surface area contributed by atoms with Crippen LogP contribution in [0.15, 0.2) is 16.3 Å². The molecule has 0 saturated heterocycles. The average Bonchev–Trinajstić information content (AvgIpc) is 2.61. The molecule has 1 aromatic heterocycles. The first-order valence-electron chi connectivity index (χ1n) is 6.69. The van der Waals surface area contributed by atoms with E-state index in [-0.39, 0.29) is 12.0 Å². The summed E-state index contributed by atoms with van der Waals surface area (Å²) in [4.78, 5) is 0.876. The van der Waals surface area contributed by atoms with Crippen molar-refractivity contribution in [1.82, 2.24) is 4.72 Å². The van der Waals surface area contributed by atoms with Gasteiger partial charge in [0.05, 0.1) is 0 Å². The summed E-state index contributed by atoms with van der Waals surface area (Å²) in [5.74, 6) is 0. The van der Waals surface area contributed by atoms with Crippen LogP contribution in [-0.4, -0.2) is 25.7 Å². The molecule has 0 bridgehead atoms. The van der Waals surface area contributed by atoms with Crippen molar-refractivity contribution in [3.63, 3.8) is 0 Å². The maximum atomic E-state index is 12.4. The van der Waals surface area contributed by atoms with Crippen LogP contribution in [0.5, 0.6) is 0 Å². The highest BCUT2D eigenvalue weighted by molar-refractivity contribution is 7.91. The van der Waals surface area contributed by atoms with Crippen molar-refractivity contribution < 1.29 is 13.5 Å². The Labute approximate surface area is 126 Å². The number of nitrogens with one attached hydrogen (secondary N) is 1. The van der Waals surface area contributed by atoms with Gasteiger partial charge in [-0.2, -0.15) is 0 Å². The first kappa shape index (κ1) is 17.6. The predicted molar refractivity (Wildman–Crippen MR) is 83.6 cm³/mol. The first-order valence-corrected chi connectivity index (χ1v) is 8.99. The number of aliphatic hydroxyl groups excluding tert-OH is 1. The van der Waals surface area contributed by atoms with Gasteiger partial charge in [0.2, 0.25) is 0 Å². The molecule has 0 radical (unpaired) electrons. The van der Waals surface area contributed by atoms with Gasteiger partial charge in [0.25, 0.3) is 10.0 Å². The number of sulfonamides is 1. The molecule has 20 heavy (non-hydrogen) atoms. The van der Waals surface area contributed by atoms with Crippen molar-refractivity contribution in [3.05, 3.63) is 17.0 Å². The minimum Gasteiger partial charge on any atom is -0.396 e. The van der Waals surface area contributed by atoms with E-state index in [1.807, 2.05) is 13.8 Å². The van der Waals surface area contributed by atoms with Crippen LogP contribution in [0, 0.1) is 5.41 Å². The monoisotopic (exact) mass is 319 g/mol. The third-order valence-electron chi connectivity index (χ3n) is 2.64. The fourth-order valence-corrected chi connectivity index (χ4v) is 5.28. The lowest BCUT2D eigenvalue weighted by molar-refractivity contribution is 0.269.